The number of anilines is 1. The largest absolute Gasteiger partial charge is 0.472 e. The maximum Gasteiger partial charge on any atom is 0.472 e. The summed E-state index contributed by atoms with van der Waals surface area (Å²) in [6, 6.07) is 0. The Bertz CT molecular complexity index is 1540. The number of halogens is 1. The molecule has 6 atom stereocenters. The summed E-state index contributed by atoms with van der Waals surface area (Å²) < 4.78 is 59.5. The van der Waals surface area contributed by atoms with Crippen molar-refractivity contribution >= 4 is 24.8 Å². The van der Waals surface area contributed by atoms with Crippen molar-refractivity contribution in [2.24, 2.45) is 0 Å². The maximum atomic E-state index is 16.2. The normalized spacial score (nSPS) is 20.4. The molecule has 1 fully saturated rings. The third-order valence-electron chi connectivity index (χ3n) is 12.5. The lowest BCUT2D eigenvalue weighted by molar-refractivity contribution is -0.0617. The molecule has 0 bridgehead atoms. The van der Waals surface area contributed by atoms with E-state index in [-0.39, 0.29) is 13.2 Å². The van der Waals surface area contributed by atoms with Crippen molar-refractivity contribution in [3.63, 3.8) is 0 Å². The number of aryl methyl sites for hydroxylation is 1. The predicted molar refractivity (Wildman–Crippen MR) is 257 cm³/mol. The van der Waals surface area contributed by atoms with Gasteiger partial charge in [0.1, 0.15) is 24.1 Å². The Morgan fingerprint density at radius 2 is 1.22 bits per heavy atom. The van der Waals surface area contributed by atoms with Gasteiger partial charge < -0.3 is 29.1 Å². The van der Waals surface area contributed by atoms with Crippen LogP contribution < -0.4 is 4.90 Å². The molecule has 1 saturated heterocycles. The number of imidazole rings is 1. The topological polar surface area (TPSA) is 151 Å². The molecule has 13 nitrogen and oxygen atoms in total. The zero-order valence-corrected chi connectivity index (χ0v) is 42.0. The van der Waals surface area contributed by atoms with Gasteiger partial charge in [0.2, 0.25) is 0 Å². The van der Waals surface area contributed by atoms with E-state index < -0.39 is 44.6 Å². The van der Waals surface area contributed by atoms with Crippen LogP contribution in [0.5, 0.6) is 0 Å². The Balaban J connectivity index is 1.40. The number of phosphoric ester groups is 1. The summed E-state index contributed by atoms with van der Waals surface area (Å²) in [4.78, 5) is 25.8. The number of hydrogen-bond donors (Lipinski definition) is 2. The number of fused-ring (bicyclic) bond motifs is 1. The number of rotatable bonds is 41. The Morgan fingerprint density at radius 1 is 0.750 bits per heavy atom. The first-order chi connectivity index (χ1) is 30.9. The molecule has 0 spiro atoms. The summed E-state index contributed by atoms with van der Waals surface area (Å²) in [5, 5.41) is 11.0. The third kappa shape index (κ3) is 21.9. The molecule has 2 N–H and O–H groups in total. The zero-order chi connectivity index (χ0) is 46.5. The van der Waals surface area contributed by atoms with Gasteiger partial charge in [-0.25, -0.2) is 23.9 Å². The lowest BCUT2D eigenvalue weighted by atomic mass is 9.98. The second-order valence-corrected chi connectivity index (χ2v) is 20.2. The Morgan fingerprint density at radius 3 is 1.70 bits per heavy atom. The number of ether oxygens (including phenoxy) is 3. The van der Waals surface area contributed by atoms with Gasteiger partial charge in [0, 0.05) is 27.3 Å². The van der Waals surface area contributed by atoms with Crippen LogP contribution in [0.4, 0.5) is 10.2 Å². The molecule has 2 unspecified atom stereocenters. The molecule has 3 rings (SSSR count). The van der Waals surface area contributed by atoms with E-state index in [2.05, 4.69) is 28.8 Å². The molecular weight excluding hydrogens is 837 g/mol. The molecule has 3 heterocycles. The number of alkyl halides is 1. The highest BCUT2D eigenvalue weighted by Crippen LogP contribution is 2.47. The molecule has 0 aromatic carbocycles. The molecule has 372 valence electrons. The molecule has 2 aromatic rings. The van der Waals surface area contributed by atoms with Crippen molar-refractivity contribution in [2.75, 3.05) is 52.0 Å². The molecule has 0 aliphatic carbocycles. The van der Waals surface area contributed by atoms with E-state index in [1.54, 1.807) is 11.8 Å². The van der Waals surface area contributed by atoms with E-state index in [9.17, 15) is 14.6 Å². The van der Waals surface area contributed by atoms with Crippen molar-refractivity contribution in [2.45, 2.75) is 238 Å². The van der Waals surface area contributed by atoms with Gasteiger partial charge in [-0.15, -0.1) is 0 Å². The minimum Gasteiger partial charge on any atom is -0.387 e. The van der Waals surface area contributed by atoms with E-state index in [1.165, 1.54) is 165 Å². The van der Waals surface area contributed by atoms with Crippen LogP contribution >= 0.6 is 7.82 Å². The fourth-order valence-electron chi connectivity index (χ4n) is 8.53. The Kier molecular flexibility index (Phi) is 29.0. The average molecular weight is 928 g/mol. The second kappa shape index (κ2) is 32.8. The lowest BCUT2D eigenvalue weighted by Crippen LogP contribution is -2.40. The maximum absolute atomic E-state index is 16.2. The number of nitrogens with zero attached hydrogens (tertiary/aromatic N) is 5. The summed E-state index contributed by atoms with van der Waals surface area (Å²) in [6.45, 7) is 7.95. The highest BCUT2D eigenvalue weighted by atomic mass is 31.2. The summed E-state index contributed by atoms with van der Waals surface area (Å²) >= 11 is 0. The number of hydrogen-bond acceptors (Lipinski definition) is 11. The monoisotopic (exact) mass is 928 g/mol. The zero-order valence-electron chi connectivity index (χ0n) is 41.1. The minimum absolute atomic E-state index is 0.223. The second-order valence-electron chi connectivity index (χ2n) is 18.8. The number of aliphatic hydroxyl groups is 1. The van der Waals surface area contributed by atoms with Gasteiger partial charge in [-0.1, -0.05) is 181 Å². The van der Waals surface area contributed by atoms with Gasteiger partial charge in [0.05, 0.1) is 26.1 Å². The molecule has 0 amide bonds. The van der Waals surface area contributed by atoms with Crippen LogP contribution in [0, 0.1) is 6.92 Å². The van der Waals surface area contributed by atoms with Crippen LogP contribution in [0.3, 0.4) is 0 Å². The highest BCUT2D eigenvalue weighted by molar-refractivity contribution is 7.47. The van der Waals surface area contributed by atoms with Gasteiger partial charge in [0.15, 0.2) is 28.9 Å². The molecule has 0 saturated carbocycles. The van der Waals surface area contributed by atoms with Gasteiger partial charge in [-0.05, 0) is 26.7 Å². The molecule has 2 aromatic heterocycles. The van der Waals surface area contributed by atoms with E-state index in [0.29, 0.717) is 36.0 Å². The molecule has 1 aliphatic rings. The van der Waals surface area contributed by atoms with Crippen molar-refractivity contribution in [3.05, 3.63) is 12.2 Å². The molecule has 0 radical (unpaired) electrons. The van der Waals surface area contributed by atoms with Crippen LogP contribution in [0.15, 0.2) is 6.33 Å². The van der Waals surface area contributed by atoms with E-state index in [4.69, 9.17) is 23.3 Å². The van der Waals surface area contributed by atoms with Crippen molar-refractivity contribution in [3.8, 4) is 0 Å². The van der Waals surface area contributed by atoms with Gasteiger partial charge in [-0.2, -0.15) is 0 Å². The first-order valence-corrected chi connectivity index (χ1v) is 27.1. The summed E-state index contributed by atoms with van der Waals surface area (Å²) in [6.07, 6.45) is 32.3. The van der Waals surface area contributed by atoms with Crippen LogP contribution in [-0.2, 0) is 27.8 Å². The average Bonchev–Trinajstić information content (AvgIpc) is 3.78. The molecule has 64 heavy (non-hydrogen) atoms. The van der Waals surface area contributed by atoms with Gasteiger partial charge in [0.25, 0.3) is 0 Å². The van der Waals surface area contributed by atoms with Gasteiger partial charge >= 0.3 is 7.82 Å². The summed E-state index contributed by atoms with van der Waals surface area (Å²) in [7, 11) is -1.01. The fourth-order valence-corrected chi connectivity index (χ4v) is 9.29. The summed E-state index contributed by atoms with van der Waals surface area (Å²) in [5.41, 5.74) is -1.53. The van der Waals surface area contributed by atoms with Crippen LogP contribution in [0.2, 0.25) is 0 Å². The minimum atomic E-state index is -4.66. The Labute approximate surface area is 387 Å². The number of phosphoric acid groups is 1. The number of aliphatic hydroxyl groups excluding tert-OH is 1. The van der Waals surface area contributed by atoms with Crippen LogP contribution in [-0.4, -0.2) is 101 Å². The van der Waals surface area contributed by atoms with Crippen molar-refractivity contribution < 1.29 is 42.2 Å². The van der Waals surface area contributed by atoms with Crippen molar-refractivity contribution in [1.29, 1.82) is 0 Å². The smallest absolute Gasteiger partial charge is 0.387 e. The van der Waals surface area contributed by atoms with E-state index >= 15 is 4.39 Å². The lowest BCUT2D eigenvalue weighted by Gasteiger charge is -2.24. The Hall–Kier alpha value is -1.77. The summed E-state index contributed by atoms with van der Waals surface area (Å²) in [5.74, 6) is 1.01. The third-order valence-corrected chi connectivity index (χ3v) is 13.5. The van der Waals surface area contributed by atoms with Gasteiger partial charge in [-0.3, -0.25) is 13.6 Å². The first kappa shape index (κ1) is 56.6. The SMILES string of the molecule is CCCCCCCCCCCCCCCCOCC(COP(=O)(O)OC[C@H]1O[C@@H](n2cnc3c(N(C)C)nc(C)nc32)[C@](C)(F)[C@@H]1O)OCCCCCCCCCCCCCCCC. The predicted octanol–water partition coefficient (Wildman–Crippen LogP) is 12.7. The van der Waals surface area contributed by atoms with Crippen LogP contribution in [0.25, 0.3) is 11.2 Å². The van der Waals surface area contributed by atoms with E-state index in [1.807, 2.05) is 14.1 Å². The van der Waals surface area contributed by atoms with Crippen molar-refractivity contribution in [1.82, 2.24) is 19.5 Å². The molecule has 15 heteroatoms. The number of unbranched alkanes of at least 4 members (excludes halogenated alkanes) is 26. The fraction of sp³-hybridized carbons (Fsp3) is 0.898. The number of aromatic nitrogens is 4. The molecular formula is C49H91FN5O8P. The molecule has 1 aliphatic heterocycles. The highest BCUT2D eigenvalue weighted by Gasteiger charge is 2.56. The van der Waals surface area contributed by atoms with Crippen LogP contribution in [0.1, 0.15) is 213 Å². The van der Waals surface area contributed by atoms with E-state index in [0.717, 1.165) is 32.1 Å². The first-order valence-electron chi connectivity index (χ1n) is 25.6. The quantitative estimate of drug-likeness (QED) is 0.0482. The standard InChI is InChI=1S/C49H91FN5O8P/c1-7-9-11-13-15-17-19-21-23-25-27-29-31-33-35-59-37-42(60-36-34-32-30-28-26-24-22-20-18-16-14-12-10-8-2)38-61-64(57,58)62-39-43-45(56)49(4,50)48(63-43)55-40-51-44-46(54(5)6)52-41(3)53-47(44)55/h40,42-43,45,48,56H,7-39H2,1-6H3,(H,57,58)/t42?,43-,45-,48-,49-/m1/s1.